The number of hydrogen-bond acceptors (Lipinski definition) is 8. The summed E-state index contributed by atoms with van der Waals surface area (Å²) in [5, 5.41) is 10.5. The van der Waals surface area contributed by atoms with Gasteiger partial charge in [-0.2, -0.15) is 4.98 Å². The van der Waals surface area contributed by atoms with Crippen molar-refractivity contribution in [3.63, 3.8) is 0 Å². The number of aliphatic hydroxyl groups is 1. The highest BCUT2D eigenvalue weighted by Crippen LogP contribution is 2.32. The fourth-order valence-corrected chi connectivity index (χ4v) is 4.94. The van der Waals surface area contributed by atoms with Crippen molar-refractivity contribution in [1.82, 2.24) is 15.0 Å². The number of ether oxygens (including phenoxy) is 3. The highest BCUT2D eigenvalue weighted by Gasteiger charge is 2.48. The van der Waals surface area contributed by atoms with Gasteiger partial charge in [0.25, 0.3) is 6.01 Å². The van der Waals surface area contributed by atoms with Crippen LogP contribution in [0.1, 0.15) is 0 Å². The maximum Gasteiger partial charge on any atom is 0.296 e. The molecule has 32 heavy (non-hydrogen) atoms. The third kappa shape index (κ3) is 3.55. The van der Waals surface area contributed by atoms with E-state index in [1.165, 1.54) is 5.69 Å². The second kappa shape index (κ2) is 8.08. The van der Waals surface area contributed by atoms with Crippen molar-refractivity contribution in [3.8, 4) is 6.01 Å². The van der Waals surface area contributed by atoms with Crippen LogP contribution < -0.4 is 14.5 Å². The summed E-state index contributed by atoms with van der Waals surface area (Å²) in [4.78, 5) is 16.9. The van der Waals surface area contributed by atoms with Gasteiger partial charge in [-0.05, 0) is 18.2 Å². The van der Waals surface area contributed by atoms with E-state index < -0.39 is 6.10 Å². The molecule has 0 saturated carbocycles. The lowest BCUT2D eigenvalue weighted by Crippen LogP contribution is -2.46. The molecule has 5 heterocycles. The van der Waals surface area contributed by atoms with E-state index in [1.807, 2.05) is 12.1 Å². The van der Waals surface area contributed by atoms with Crippen LogP contribution in [0.15, 0.2) is 36.4 Å². The van der Waals surface area contributed by atoms with Crippen LogP contribution in [0.2, 0.25) is 5.02 Å². The topological polar surface area (TPSA) is 96.0 Å². The average Bonchev–Trinajstić information content (AvgIpc) is 3.51. The van der Waals surface area contributed by atoms with Crippen LogP contribution in [0.25, 0.3) is 11.2 Å². The van der Waals surface area contributed by atoms with Crippen molar-refractivity contribution in [3.05, 3.63) is 41.4 Å². The monoisotopic (exact) mass is 457 g/mol. The summed E-state index contributed by atoms with van der Waals surface area (Å²) in [5.41, 5.74) is 2.49. The van der Waals surface area contributed by atoms with Crippen LogP contribution in [0, 0.1) is 0 Å². The molecular formula is C22H24ClN5O4. The zero-order valence-corrected chi connectivity index (χ0v) is 18.1. The predicted octanol–water partition coefficient (Wildman–Crippen LogP) is 1.84. The first-order valence-electron chi connectivity index (χ1n) is 10.8. The number of pyridine rings is 1. The largest absolute Gasteiger partial charge is 0.456 e. The van der Waals surface area contributed by atoms with Crippen LogP contribution in [0.5, 0.6) is 6.01 Å². The number of aromatic nitrogens is 3. The lowest BCUT2D eigenvalue weighted by molar-refractivity contribution is 0.00706. The summed E-state index contributed by atoms with van der Waals surface area (Å²) in [6.45, 7) is 4.03. The molecule has 0 spiro atoms. The Kier molecular flexibility index (Phi) is 5.06. The second-order valence-corrected chi connectivity index (χ2v) is 8.74. The molecule has 3 fully saturated rings. The van der Waals surface area contributed by atoms with Gasteiger partial charge in [-0.15, -0.1) is 0 Å². The minimum absolute atomic E-state index is 0.257. The summed E-state index contributed by atoms with van der Waals surface area (Å²) < 4.78 is 17.2. The number of aliphatic hydroxyl groups excluding tert-OH is 1. The van der Waals surface area contributed by atoms with Crippen LogP contribution in [0.4, 0.5) is 11.5 Å². The van der Waals surface area contributed by atoms with E-state index >= 15 is 0 Å². The number of aromatic amines is 1. The van der Waals surface area contributed by atoms with Gasteiger partial charge < -0.3 is 34.1 Å². The van der Waals surface area contributed by atoms with Crippen molar-refractivity contribution in [2.75, 3.05) is 49.2 Å². The molecule has 0 bridgehead atoms. The first-order chi connectivity index (χ1) is 15.7. The molecule has 10 heteroatoms. The molecule has 2 aromatic heterocycles. The third-order valence-electron chi connectivity index (χ3n) is 6.33. The van der Waals surface area contributed by atoms with Crippen LogP contribution >= 0.6 is 11.6 Å². The smallest absolute Gasteiger partial charge is 0.296 e. The van der Waals surface area contributed by atoms with Crippen molar-refractivity contribution in [2.24, 2.45) is 0 Å². The van der Waals surface area contributed by atoms with Gasteiger partial charge in [-0.1, -0.05) is 29.8 Å². The molecule has 9 nitrogen and oxygen atoms in total. The number of para-hydroxylation sites is 1. The standard InChI is InChI=1S/C22H24ClN5O4/c23-14-10-15-20(26-22(24-15)32-17-12-31-18-16(29)11-30-19(17)18)25-21(14)28-8-6-27(7-9-28)13-4-2-1-3-5-13/h1-5,10,16-19,29H,6-9,11-12H2,(H,24,25,26). The molecule has 0 aliphatic carbocycles. The molecule has 4 unspecified atom stereocenters. The maximum absolute atomic E-state index is 9.90. The maximum atomic E-state index is 9.90. The van der Waals surface area contributed by atoms with Crippen LogP contribution in [-0.4, -0.2) is 83.9 Å². The first kappa shape index (κ1) is 20.0. The number of piperazine rings is 1. The quantitative estimate of drug-likeness (QED) is 0.612. The van der Waals surface area contributed by atoms with E-state index in [0.29, 0.717) is 28.8 Å². The zero-order valence-electron chi connectivity index (χ0n) is 17.4. The van der Waals surface area contributed by atoms with Crippen molar-refractivity contribution >= 4 is 34.3 Å². The van der Waals surface area contributed by atoms with Gasteiger partial charge in [0.2, 0.25) is 0 Å². The van der Waals surface area contributed by atoms with Gasteiger partial charge in [0, 0.05) is 31.9 Å². The van der Waals surface area contributed by atoms with Crippen molar-refractivity contribution in [2.45, 2.75) is 24.4 Å². The number of hydrogen-bond donors (Lipinski definition) is 2. The van der Waals surface area contributed by atoms with E-state index in [0.717, 1.165) is 32.0 Å². The molecule has 0 amide bonds. The predicted molar refractivity (Wildman–Crippen MR) is 120 cm³/mol. The Morgan fingerprint density at radius 2 is 1.75 bits per heavy atom. The van der Waals surface area contributed by atoms with Crippen molar-refractivity contribution < 1.29 is 19.3 Å². The highest BCUT2D eigenvalue weighted by atomic mass is 35.5. The Balaban J connectivity index is 1.17. The molecule has 6 rings (SSSR count). The number of halogens is 1. The lowest BCUT2D eigenvalue weighted by atomic mass is 10.1. The number of nitrogens with zero attached hydrogens (tertiary/aromatic N) is 4. The second-order valence-electron chi connectivity index (χ2n) is 8.34. The number of nitrogens with one attached hydrogen (secondary N) is 1. The molecule has 4 atom stereocenters. The zero-order chi connectivity index (χ0) is 21.7. The van der Waals surface area contributed by atoms with E-state index in [9.17, 15) is 5.11 Å². The van der Waals surface area contributed by atoms with Crippen LogP contribution in [-0.2, 0) is 9.47 Å². The molecule has 3 saturated heterocycles. The fraction of sp³-hybridized carbons (Fsp3) is 0.455. The molecule has 2 N–H and O–H groups in total. The lowest BCUT2D eigenvalue weighted by Gasteiger charge is -2.37. The number of imidazole rings is 1. The Bertz CT molecular complexity index is 1100. The van der Waals surface area contributed by atoms with Gasteiger partial charge in [0.15, 0.2) is 11.8 Å². The van der Waals surface area contributed by atoms with E-state index in [-0.39, 0.29) is 24.9 Å². The highest BCUT2D eigenvalue weighted by molar-refractivity contribution is 6.33. The summed E-state index contributed by atoms with van der Waals surface area (Å²) in [6.07, 6.45) is -1.60. The number of H-pyrrole nitrogens is 1. The molecule has 3 aliphatic rings. The Morgan fingerprint density at radius 3 is 2.56 bits per heavy atom. The molecule has 168 valence electrons. The van der Waals surface area contributed by atoms with Gasteiger partial charge in [0.05, 0.1) is 23.8 Å². The van der Waals surface area contributed by atoms with E-state index in [1.54, 1.807) is 0 Å². The minimum atomic E-state index is -0.616. The Hall–Kier alpha value is -2.59. The Labute approximate surface area is 189 Å². The summed E-state index contributed by atoms with van der Waals surface area (Å²) in [7, 11) is 0. The number of rotatable bonds is 4. The van der Waals surface area contributed by atoms with Crippen LogP contribution in [0.3, 0.4) is 0 Å². The number of anilines is 2. The molecule has 3 aromatic rings. The van der Waals surface area contributed by atoms with Crippen molar-refractivity contribution in [1.29, 1.82) is 0 Å². The SMILES string of the molecule is OC1COC2C(Oc3nc4nc(N5CCN(c6ccccc6)CC5)c(Cl)cc4[nH]3)COC12. The number of fused-ring (bicyclic) bond motifs is 2. The molecular weight excluding hydrogens is 434 g/mol. The molecule has 3 aliphatic heterocycles. The minimum Gasteiger partial charge on any atom is -0.456 e. The van der Waals surface area contributed by atoms with Gasteiger partial charge in [0.1, 0.15) is 24.1 Å². The average molecular weight is 458 g/mol. The normalized spacial score (nSPS) is 27.8. The van der Waals surface area contributed by atoms with E-state index in [4.69, 9.17) is 30.8 Å². The van der Waals surface area contributed by atoms with E-state index in [2.05, 4.69) is 44.0 Å². The molecule has 1 aromatic carbocycles. The summed E-state index contributed by atoms with van der Waals surface area (Å²) in [6, 6.07) is 12.6. The summed E-state index contributed by atoms with van der Waals surface area (Å²) in [5.74, 6) is 0.733. The molecule has 0 radical (unpaired) electrons. The Morgan fingerprint density at radius 1 is 1.00 bits per heavy atom. The van der Waals surface area contributed by atoms with Gasteiger partial charge >= 0.3 is 0 Å². The summed E-state index contributed by atoms with van der Waals surface area (Å²) >= 11 is 6.58. The fourth-order valence-electron chi connectivity index (χ4n) is 4.67. The third-order valence-corrected chi connectivity index (χ3v) is 6.61. The number of benzene rings is 1. The van der Waals surface area contributed by atoms with Gasteiger partial charge in [-0.3, -0.25) is 0 Å². The van der Waals surface area contributed by atoms with Gasteiger partial charge in [-0.25, -0.2) is 4.98 Å². The first-order valence-corrected chi connectivity index (χ1v) is 11.2.